The summed E-state index contributed by atoms with van der Waals surface area (Å²) in [6, 6.07) is 0. The molecular weight excluding hydrogens is 136 g/mol. The molecule has 1 aliphatic rings. The molecular formula is C10H18O. The SMILES string of the molecule is C=C1CC(C)(C)CC1(C)CO. The van der Waals surface area contributed by atoms with Crippen LogP contribution in [0.3, 0.4) is 0 Å². The Morgan fingerprint density at radius 3 is 2.18 bits per heavy atom. The molecule has 1 aliphatic carbocycles. The van der Waals surface area contributed by atoms with Crippen molar-refractivity contribution in [2.75, 3.05) is 6.61 Å². The average molecular weight is 154 g/mol. The van der Waals surface area contributed by atoms with Gasteiger partial charge in [-0.2, -0.15) is 0 Å². The van der Waals surface area contributed by atoms with Crippen LogP contribution in [0.15, 0.2) is 12.2 Å². The van der Waals surface area contributed by atoms with Crippen LogP contribution >= 0.6 is 0 Å². The molecule has 1 nitrogen and oxygen atoms in total. The molecule has 0 spiro atoms. The first kappa shape index (κ1) is 8.79. The molecule has 0 heterocycles. The molecule has 11 heavy (non-hydrogen) atoms. The Kier molecular flexibility index (Phi) is 1.87. The molecule has 1 atom stereocenters. The van der Waals surface area contributed by atoms with Crippen molar-refractivity contribution < 1.29 is 5.11 Å². The van der Waals surface area contributed by atoms with Gasteiger partial charge in [0.25, 0.3) is 0 Å². The van der Waals surface area contributed by atoms with Gasteiger partial charge in [0.05, 0.1) is 6.61 Å². The number of hydrogen-bond donors (Lipinski definition) is 1. The van der Waals surface area contributed by atoms with E-state index in [0.717, 1.165) is 12.8 Å². The monoisotopic (exact) mass is 154 g/mol. The van der Waals surface area contributed by atoms with Gasteiger partial charge in [0.1, 0.15) is 0 Å². The van der Waals surface area contributed by atoms with Gasteiger partial charge >= 0.3 is 0 Å². The van der Waals surface area contributed by atoms with Gasteiger partial charge in [-0.25, -0.2) is 0 Å². The molecule has 0 aliphatic heterocycles. The summed E-state index contributed by atoms with van der Waals surface area (Å²) in [5, 5.41) is 9.17. The maximum absolute atomic E-state index is 9.17. The van der Waals surface area contributed by atoms with Gasteiger partial charge < -0.3 is 5.11 Å². The van der Waals surface area contributed by atoms with Crippen molar-refractivity contribution in [1.82, 2.24) is 0 Å². The topological polar surface area (TPSA) is 20.2 Å². The van der Waals surface area contributed by atoms with Crippen molar-refractivity contribution in [1.29, 1.82) is 0 Å². The predicted octanol–water partition coefficient (Wildman–Crippen LogP) is 2.36. The molecule has 0 saturated heterocycles. The molecule has 0 amide bonds. The second kappa shape index (κ2) is 2.34. The van der Waals surface area contributed by atoms with Gasteiger partial charge in [0, 0.05) is 5.41 Å². The summed E-state index contributed by atoms with van der Waals surface area (Å²) < 4.78 is 0. The van der Waals surface area contributed by atoms with Crippen molar-refractivity contribution >= 4 is 0 Å². The number of rotatable bonds is 1. The maximum Gasteiger partial charge on any atom is 0.0522 e. The van der Waals surface area contributed by atoms with Crippen molar-refractivity contribution in [3.8, 4) is 0 Å². The van der Waals surface area contributed by atoms with E-state index in [-0.39, 0.29) is 12.0 Å². The molecule has 1 N–H and O–H groups in total. The summed E-state index contributed by atoms with van der Waals surface area (Å²) >= 11 is 0. The van der Waals surface area contributed by atoms with Crippen LogP contribution in [0.5, 0.6) is 0 Å². The Hall–Kier alpha value is -0.300. The van der Waals surface area contributed by atoms with E-state index in [2.05, 4.69) is 27.4 Å². The molecule has 1 rings (SSSR count). The molecule has 1 unspecified atom stereocenters. The van der Waals surface area contributed by atoms with Crippen LogP contribution in [0.25, 0.3) is 0 Å². The lowest BCUT2D eigenvalue weighted by atomic mass is 9.83. The minimum absolute atomic E-state index is 0.0104. The zero-order chi connectivity index (χ0) is 8.70. The minimum atomic E-state index is -0.0104. The van der Waals surface area contributed by atoms with Crippen LogP contribution in [0.2, 0.25) is 0 Å². The summed E-state index contributed by atoms with van der Waals surface area (Å²) in [5.74, 6) is 0. The highest BCUT2D eigenvalue weighted by Gasteiger charge is 2.42. The smallest absolute Gasteiger partial charge is 0.0522 e. The second-order valence-electron chi connectivity index (χ2n) is 4.84. The fraction of sp³-hybridized carbons (Fsp3) is 0.800. The zero-order valence-electron chi connectivity index (χ0n) is 7.78. The van der Waals surface area contributed by atoms with Gasteiger partial charge in [-0.05, 0) is 18.3 Å². The predicted molar refractivity (Wildman–Crippen MR) is 47.3 cm³/mol. The lowest BCUT2D eigenvalue weighted by molar-refractivity contribution is 0.159. The molecule has 0 aromatic rings. The maximum atomic E-state index is 9.17. The minimum Gasteiger partial charge on any atom is -0.395 e. The lowest BCUT2D eigenvalue weighted by Gasteiger charge is -2.24. The van der Waals surface area contributed by atoms with Gasteiger partial charge in [-0.15, -0.1) is 0 Å². The van der Waals surface area contributed by atoms with Crippen molar-refractivity contribution in [3.05, 3.63) is 12.2 Å². The lowest BCUT2D eigenvalue weighted by Crippen LogP contribution is -2.20. The number of aliphatic hydroxyl groups excluding tert-OH is 1. The van der Waals surface area contributed by atoms with Crippen molar-refractivity contribution in [2.24, 2.45) is 10.8 Å². The summed E-state index contributed by atoms with van der Waals surface area (Å²) in [4.78, 5) is 0. The Bertz CT molecular complexity index is 181. The summed E-state index contributed by atoms with van der Waals surface area (Å²) in [5.41, 5.74) is 1.54. The first-order valence-electron chi connectivity index (χ1n) is 4.19. The third-order valence-electron chi connectivity index (χ3n) is 2.76. The highest BCUT2D eigenvalue weighted by Crippen LogP contribution is 2.51. The fourth-order valence-corrected chi connectivity index (χ4v) is 2.20. The third kappa shape index (κ3) is 1.48. The molecule has 1 fully saturated rings. The van der Waals surface area contributed by atoms with E-state index < -0.39 is 0 Å². The molecule has 64 valence electrons. The van der Waals surface area contributed by atoms with Gasteiger partial charge in [0.15, 0.2) is 0 Å². The Labute approximate surface area is 69.1 Å². The van der Waals surface area contributed by atoms with E-state index in [9.17, 15) is 0 Å². The van der Waals surface area contributed by atoms with Gasteiger partial charge in [-0.1, -0.05) is 32.9 Å². The standard InChI is InChI=1S/C10H18O/c1-8-5-9(2,3)6-10(8,4)7-11/h11H,1,5-7H2,2-4H3. The molecule has 0 radical (unpaired) electrons. The molecule has 0 aromatic carbocycles. The van der Waals surface area contributed by atoms with Crippen LogP contribution in [0.1, 0.15) is 33.6 Å². The molecule has 0 bridgehead atoms. The van der Waals surface area contributed by atoms with E-state index in [1.165, 1.54) is 5.57 Å². The van der Waals surface area contributed by atoms with E-state index >= 15 is 0 Å². The van der Waals surface area contributed by atoms with Crippen LogP contribution in [0.4, 0.5) is 0 Å². The first-order chi connectivity index (χ1) is 4.90. The molecule has 1 saturated carbocycles. The Morgan fingerprint density at radius 2 is 2.00 bits per heavy atom. The quantitative estimate of drug-likeness (QED) is 0.575. The van der Waals surface area contributed by atoms with Gasteiger partial charge in [0.2, 0.25) is 0 Å². The van der Waals surface area contributed by atoms with E-state index in [0.29, 0.717) is 5.41 Å². The van der Waals surface area contributed by atoms with Crippen molar-refractivity contribution in [3.63, 3.8) is 0 Å². The Morgan fingerprint density at radius 1 is 1.45 bits per heavy atom. The van der Waals surface area contributed by atoms with E-state index in [1.807, 2.05) is 0 Å². The third-order valence-corrected chi connectivity index (χ3v) is 2.76. The molecule has 1 heteroatoms. The van der Waals surface area contributed by atoms with Crippen molar-refractivity contribution in [2.45, 2.75) is 33.6 Å². The fourth-order valence-electron chi connectivity index (χ4n) is 2.20. The van der Waals surface area contributed by atoms with Crippen LogP contribution in [-0.4, -0.2) is 11.7 Å². The number of hydrogen-bond acceptors (Lipinski definition) is 1. The summed E-state index contributed by atoms with van der Waals surface area (Å²) in [6.45, 7) is 10.8. The van der Waals surface area contributed by atoms with E-state index in [1.54, 1.807) is 0 Å². The van der Waals surface area contributed by atoms with Gasteiger partial charge in [-0.3, -0.25) is 0 Å². The largest absolute Gasteiger partial charge is 0.395 e. The second-order valence-corrected chi connectivity index (χ2v) is 4.84. The summed E-state index contributed by atoms with van der Waals surface area (Å²) in [7, 11) is 0. The zero-order valence-corrected chi connectivity index (χ0v) is 7.78. The van der Waals surface area contributed by atoms with Crippen LogP contribution < -0.4 is 0 Å². The normalized spacial score (nSPS) is 36.2. The number of aliphatic hydroxyl groups is 1. The average Bonchev–Trinajstić information content (AvgIpc) is 2.03. The van der Waals surface area contributed by atoms with E-state index in [4.69, 9.17) is 5.11 Å². The van der Waals surface area contributed by atoms with Crippen LogP contribution in [-0.2, 0) is 0 Å². The summed E-state index contributed by atoms with van der Waals surface area (Å²) in [6.07, 6.45) is 2.12. The highest BCUT2D eigenvalue weighted by molar-refractivity contribution is 5.18. The highest BCUT2D eigenvalue weighted by atomic mass is 16.3. The molecule has 0 aromatic heterocycles. The van der Waals surface area contributed by atoms with Crippen LogP contribution in [0, 0.1) is 10.8 Å². The first-order valence-corrected chi connectivity index (χ1v) is 4.19. The Balaban J connectivity index is 2.82.